The van der Waals surface area contributed by atoms with E-state index in [1.165, 1.54) is 10.9 Å². The molecule has 2 aliphatic heterocycles. The van der Waals surface area contributed by atoms with Crippen LogP contribution in [0.4, 0.5) is 4.79 Å². The number of hydrogen-bond donors (Lipinski definition) is 8. The molecule has 17 heteroatoms. The summed E-state index contributed by atoms with van der Waals surface area (Å²) in [5.41, 5.74) is 1.47. The summed E-state index contributed by atoms with van der Waals surface area (Å²) >= 11 is 0. The molecule has 0 spiro atoms. The Morgan fingerprint density at radius 3 is 2.33 bits per heavy atom. The van der Waals surface area contributed by atoms with Gasteiger partial charge >= 0.3 is 6.09 Å². The van der Waals surface area contributed by atoms with E-state index in [1.54, 1.807) is 0 Å². The van der Waals surface area contributed by atoms with Gasteiger partial charge in [-0.1, -0.05) is 35.5 Å². The Balaban J connectivity index is 1.20. The molecule has 3 heterocycles. The van der Waals surface area contributed by atoms with Crippen molar-refractivity contribution in [3.05, 3.63) is 47.8 Å². The highest BCUT2D eigenvalue weighted by Gasteiger charge is 2.50. The van der Waals surface area contributed by atoms with Crippen LogP contribution in [-0.4, -0.2) is 145 Å². The molecule has 240 valence electrons. The van der Waals surface area contributed by atoms with Crippen LogP contribution < -0.4 is 5.32 Å². The Labute approximate surface area is 246 Å². The van der Waals surface area contributed by atoms with Crippen molar-refractivity contribution in [2.75, 3.05) is 26.4 Å². The van der Waals surface area contributed by atoms with Gasteiger partial charge in [-0.2, -0.15) is 0 Å². The molecular formula is C26H38N4O13. The van der Waals surface area contributed by atoms with Gasteiger partial charge < -0.3 is 64.7 Å². The molecule has 1 amide bonds. The van der Waals surface area contributed by atoms with Gasteiger partial charge in [-0.15, -0.1) is 5.10 Å². The Hall–Kier alpha value is -2.81. The summed E-state index contributed by atoms with van der Waals surface area (Å²) in [7, 11) is 0. The largest absolute Gasteiger partial charge is 0.443 e. The SMILES string of the molecule is O=C(NCCc1ccccc1)OCc1cn(CCO[C@@H]2O[C@H](CO)[C@@H](O[C@@H]3O[C@H](CO)[C@H](O)[C@H](O)[C@H]3O)[C@H](O)[C@H]2O)nn1. The summed E-state index contributed by atoms with van der Waals surface area (Å²) in [6.45, 7) is -0.988. The van der Waals surface area contributed by atoms with Crippen molar-refractivity contribution in [2.45, 2.75) is 81.0 Å². The fraction of sp³-hybridized carbons (Fsp3) is 0.654. The standard InChI is InChI=1S/C26H38N4O13/c31-11-16-18(33)19(34)21(36)25(41-16)43-23-17(12-32)42-24(22(37)20(23)35)39-9-8-30-10-15(28-29-30)13-40-26(38)27-7-6-14-4-2-1-3-5-14/h1-5,10,16-25,31-37H,6-9,11-13H2,(H,27,38)/t16-,17-,18+,19+,20-,21-,22-,23-,24-,25+/m1/s1. The monoisotopic (exact) mass is 614 g/mol. The van der Waals surface area contributed by atoms with E-state index in [1.807, 2.05) is 30.3 Å². The van der Waals surface area contributed by atoms with Crippen LogP contribution in [0.2, 0.25) is 0 Å². The summed E-state index contributed by atoms with van der Waals surface area (Å²) in [5.74, 6) is 0. The fourth-order valence-electron chi connectivity index (χ4n) is 4.61. The van der Waals surface area contributed by atoms with Crippen molar-refractivity contribution in [2.24, 2.45) is 0 Å². The van der Waals surface area contributed by atoms with E-state index < -0.39 is 80.7 Å². The molecule has 4 rings (SSSR count). The normalized spacial score (nSPS) is 32.8. The fourth-order valence-corrected chi connectivity index (χ4v) is 4.61. The minimum atomic E-state index is -1.76. The van der Waals surface area contributed by atoms with Crippen molar-refractivity contribution in [1.29, 1.82) is 0 Å². The molecule has 17 nitrogen and oxygen atoms in total. The number of carbonyl (C=O) groups excluding carboxylic acids is 1. The highest BCUT2D eigenvalue weighted by atomic mass is 16.7. The predicted molar refractivity (Wildman–Crippen MR) is 141 cm³/mol. The second-order valence-electron chi connectivity index (χ2n) is 10.1. The number of rotatable bonds is 13. The Kier molecular flexibility index (Phi) is 12.1. The van der Waals surface area contributed by atoms with Crippen LogP contribution in [0.15, 0.2) is 36.5 Å². The van der Waals surface area contributed by atoms with Gasteiger partial charge in [0.25, 0.3) is 0 Å². The second-order valence-corrected chi connectivity index (χ2v) is 10.1. The van der Waals surface area contributed by atoms with Gasteiger partial charge in [0, 0.05) is 6.54 Å². The van der Waals surface area contributed by atoms with Crippen LogP contribution >= 0.6 is 0 Å². The van der Waals surface area contributed by atoms with Gasteiger partial charge in [0.15, 0.2) is 12.6 Å². The lowest BCUT2D eigenvalue weighted by atomic mass is 9.97. The molecule has 2 aliphatic rings. The van der Waals surface area contributed by atoms with Crippen molar-refractivity contribution in [3.63, 3.8) is 0 Å². The van der Waals surface area contributed by atoms with Crippen LogP contribution in [0.5, 0.6) is 0 Å². The highest BCUT2D eigenvalue weighted by molar-refractivity contribution is 5.67. The predicted octanol–water partition coefficient (Wildman–Crippen LogP) is -3.61. The van der Waals surface area contributed by atoms with Crippen molar-refractivity contribution < 1.29 is 64.2 Å². The zero-order valence-electron chi connectivity index (χ0n) is 23.1. The molecular weight excluding hydrogens is 576 g/mol. The number of aliphatic hydroxyl groups is 7. The lowest BCUT2D eigenvalue weighted by molar-refractivity contribution is -0.359. The van der Waals surface area contributed by atoms with Crippen LogP contribution in [-0.2, 0) is 43.3 Å². The van der Waals surface area contributed by atoms with Gasteiger partial charge in [0.2, 0.25) is 0 Å². The van der Waals surface area contributed by atoms with Crippen molar-refractivity contribution in [3.8, 4) is 0 Å². The molecule has 0 bridgehead atoms. The molecule has 0 radical (unpaired) electrons. The van der Waals surface area contributed by atoms with E-state index in [2.05, 4.69) is 15.6 Å². The third kappa shape index (κ3) is 8.64. The maximum atomic E-state index is 11.9. The van der Waals surface area contributed by atoms with Crippen LogP contribution in [0.25, 0.3) is 0 Å². The third-order valence-electron chi connectivity index (χ3n) is 7.03. The first-order valence-electron chi connectivity index (χ1n) is 13.8. The number of benzene rings is 1. The Morgan fingerprint density at radius 2 is 1.60 bits per heavy atom. The highest BCUT2D eigenvalue weighted by Crippen LogP contribution is 2.29. The smallest absolute Gasteiger partial charge is 0.407 e. The summed E-state index contributed by atoms with van der Waals surface area (Å²) in [4.78, 5) is 11.9. The first-order chi connectivity index (χ1) is 20.7. The lowest BCUT2D eigenvalue weighted by Gasteiger charge is -2.45. The molecule has 43 heavy (non-hydrogen) atoms. The average molecular weight is 615 g/mol. The molecule has 2 aromatic rings. The Bertz CT molecular complexity index is 1120. The molecule has 2 fully saturated rings. The first kappa shape index (κ1) is 33.1. The van der Waals surface area contributed by atoms with Crippen LogP contribution in [0.1, 0.15) is 11.3 Å². The maximum Gasteiger partial charge on any atom is 0.407 e. The minimum absolute atomic E-state index is 0.0611. The van der Waals surface area contributed by atoms with Gasteiger partial charge in [-0.05, 0) is 12.0 Å². The Morgan fingerprint density at radius 1 is 0.907 bits per heavy atom. The van der Waals surface area contributed by atoms with Gasteiger partial charge in [-0.25, -0.2) is 9.48 Å². The number of aliphatic hydroxyl groups excluding tert-OH is 7. The second kappa shape index (κ2) is 15.8. The number of nitrogens with one attached hydrogen (secondary N) is 1. The van der Waals surface area contributed by atoms with Gasteiger partial charge in [-0.3, -0.25) is 0 Å². The number of amides is 1. The van der Waals surface area contributed by atoms with Crippen LogP contribution in [0.3, 0.4) is 0 Å². The van der Waals surface area contributed by atoms with E-state index in [9.17, 15) is 40.5 Å². The molecule has 1 aromatic heterocycles. The summed E-state index contributed by atoms with van der Waals surface area (Å²) < 4.78 is 28.5. The van der Waals surface area contributed by atoms with E-state index >= 15 is 0 Å². The topological polar surface area (TPSA) is 248 Å². The number of nitrogens with zero attached hydrogens (tertiary/aromatic N) is 3. The van der Waals surface area contributed by atoms with Gasteiger partial charge in [0.1, 0.15) is 61.1 Å². The van der Waals surface area contributed by atoms with E-state index in [-0.39, 0.29) is 19.8 Å². The van der Waals surface area contributed by atoms with Crippen LogP contribution in [0, 0.1) is 0 Å². The molecule has 1 aromatic carbocycles. The summed E-state index contributed by atoms with van der Waals surface area (Å²) in [6.07, 6.45) is -13.8. The number of ether oxygens (including phenoxy) is 5. The number of hydrogen-bond acceptors (Lipinski definition) is 15. The van der Waals surface area contributed by atoms with Crippen molar-refractivity contribution in [1.82, 2.24) is 20.3 Å². The molecule has 2 saturated heterocycles. The summed E-state index contributed by atoms with van der Waals surface area (Å²) in [6, 6.07) is 9.68. The van der Waals surface area contributed by atoms with Gasteiger partial charge in [0.05, 0.1) is 32.6 Å². The zero-order valence-corrected chi connectivity index (χ0v) is 23.1. The van der Waals surface area contributed by atoms with Crippen molar-refractivity contribution >= 4 is 6.09 Å². The van der Waals surface area contributed by atoms with E-state index in [0.29, 0.717) is 18.7 Å². The zero-order chi connectivity index (χ0) is 30.9. The average Bonchev–Trinajstić information content (AvgIpc) is 3.47. The minimum Gasteiger partial charge on any atom is -0.443 e. The molecule has 8 N–H and O–H groups in total. The number of aromatic nitrogens is 3. The lowest BCUT2D eigenvalue weighted by Crippen LogP contribution is -2.64. The van der Waals surface area contributed by atoms with E-state index in [4.69, 9.17) is 23.7 Å². The molecule has 0 aliphatic carbocycles. The number of alkyl carbamates (subject to hydrolysis) is 1. The first-order valence-corrected chi connectivity index (χ1v) is 13.8. The third-order valence-corrected chi connectivity index (χ3v) is 7.03. The van der Waals surface area contributed by atoms with E-state index in [0.717, 1.165) is 5.56 Å². The number of carbonyl (C=O) groups is 1. The molecule has 0 saturated carbocycles. The molecule has 0 unspecified atom stereocenters. The maximum absolute atomic E-state index is 11.9. The quantitative estimate of drug-likeness (QED) is 0.109. The summed E-state index contributed by atoms with van der Waals surface area (Å²) in [5, 5.41) is 81.1. The molecule has 10 atom stereocenters.